The summed E-state index contributed by atoms with van der Waals surface area (Å²) in [6.07, 6.45) is 2.67. The van der Waals surface area contributed by atoms with Crippen molar-refractivity contribution in [1.29, 1.82) is 0 Å². The van der Waals surface area contributed by atoms with Crippen LogP contribution in [-0.2, 0) is 0 Å². The second-order valence-corrected chi connectivity index (χ2v) is 8.44. The molecule has 2 aromatic rings. The molecule has 144 valence electrons. The van der Waals surface area contributed by atoms with E-state index in [1.54, 1.807) is 12.1 Å². The first-order chi connectivity index (χ1) is 13.2. The molecule has 4 rings (SSSR count). The van der Waals surface area contributed by atoms with Crippen LogP contribution in [0.1, 0.15) is 22.5 Å². The lowest BCUT2D eigenvalue weighted by Crippen LogP contribution is -2.50. The molecule has 3 heterocycles. The molecule has 0 spiro atoms. The molecule has 1 amide bonds. The first-order valence-electron chi connectivity index (χ1n) is 9.79. The number of hydrogen-bond donors (Lipinski definition) is 0. The molecule has 1 aromatic carbocycles. The third-order valence-corrected chi connectivity index (χ3v) is 6.66. The van der Waals surface area contributed by atoms with Crippen molar-refractivity contribution in [3.8, 4) is 10.4 Å². The molecule has 6 heteroatoms. The molecule has 0 radical (unpaired) electrons. The second kappa shape index (κ2) is 8.50. The topological polar surface area (TPSA) is 26.8 Å². The van der Waals surface area contributed by atoms with Crippen molar-refractivity contribution in [1.82, 2.24) is 14.7 Å². The first kappa shape index (κ1) is 18.6. The van der Waals surface area contributed by atoms with Crippen molar-refractivity contribution in [3.05, 3.63) is 47.1 Å². The minimum absolute atomic E-state index is 0.118. The fourth-order valence-corrected chi connectivity index (χ4v) is 4.82. The van der Waals surface area contributed by atoms with Gasteiger partial charge in [-0.2, -0.15) is 0 Å². The quantitative estimate of drug-likeness (QED) is 0.787. The molecule has 0 aliphatic carbocycles. The van der Waals surface area contributed by atoms with Crippen molar-refractivity contribution >= 4 is 17.2 Å². The maximum Gasteiger partial charge on any atom is 0.264 e. The molecule has 0 atom stereocenters. The Morgan fingerprint density at radius 1 is 0.852 bits per heavy atom. The number of nitrogens with zero attached hydrogens (tertiary/aromatic N) is 3. The summed E-state index contributed by atoms with van der Waals surface area (Å²) in [6, 6.07) is 10.3. The Balaban J connectivity index is 1.29. The maximum atomic E-state index is 13.1. The van der Waals surface area contributed by atoms with E-state index in [1.165, 1.54) is 49.4 Å². The molecule has 0 unspecified atom stereocenters. The molecular formula is C21H26FN3OS. The van der Waals surface area contributed by atoms with Gasteiger partial charge in [-0.1, -0.05) is 12.1 Å². The maximum absolute atomic E-state index is 13.1. The Bertz CT molecular complexity index is 762. The number of rotatable bonds is 5. The minimum atomic E-state index is -0.241. The summed E-state index contributed by atoms with van der Waals surface area (Å²) in [5, 5.41) is 0. The zero-order valence-electron chi connectivity index (χ0n) is 15.6. The highest BCUT2D eigenvalue weighted by Gasteiger charge is 2.24. The monoisotopic (exact) mass is 387 g/mol. The van der Waals surface area contributed by atoms with Gasteiger partial charge in [0.05, 0.1) is 4.88 Å². The number of likely N-dealkylation sites (tertiary alicyclic amines) is 1. The summed E-state index contributed by atoms with van der Waals surface area (Å²) in [5.41, 5.74) is 0.951. The zero-order valence-corrected chi connectivity index (χ0v) is 16.4. The molecule has 2 fully saturated rings. The second-order valence-electron chi connectivity index (χ2n) is 7.35. The molecule has 2 saturated heterocycles. The molecule has 0 N–H and O–H groups in total. The summed E-state index contributed by atoms with van der Waals surface area (Å²) < 4.78 is 13.1. The van der Waals surface area contributed by atoms with E-state index in [2.05, 4.69) is 9.80 Å². The van der Waals surface area contributed by atoms with E-state index in [0.717, 1.165) is 54.6 Å². The molecule has 1 aromatic heterocycles. The van der Waals surface area contributed by atoms with Crippen molar-refractivity contribution in [2.24, 2.45) is 0 Å². The Hall–Kier alpha value is -1.76. The highest BCUT2D eigenvalue weighted by atomic mass is 32.1. The van der Waals surface area contributed by atoms with Crippen molar-refractivity contribution < 1.29 is 9.18 Å². The summed E-state index contributed by atoms with van der Waals surface area (Å²) in [5.74, 6) is -0.123. The number of thiophene rings is 1. The molecular weight excluding hydrogens is 361 g/mol. The zero-order chi connectivity index (χ0) is 18.6. The van der Waals surface area contributed by atoms with E-state index < -0.39 is 0 Å². The average molecular weight is 388 g/mol. The summed E-state index contributed by atoms with van der Waals surface area (Å²) in [7, 11) is 0. The van der Waals surface area contributed by atoms with Crippen LogP contribution in [0.4, 0.5) is 4.39 Å². The van der Waals surface area contributed by atoms with Gasteiger partial charge in [-0.05, 0) is 55.8 Å². The van der Waals surface area contributed by atoms with Gasteiger partial charge in [0.25, 0.3) is 5.91 Å². The first-order valence-corrected chi connectivity index (χ1v) is 10.6. The molecule has 2 aliphatic heterocycles. The van der Waals surface area contributed by atoms with E-state index in [1.807, 2.05) is 17.0 Å². The number of carbonyl (C=O) groups is 1. The van der Waals surface area contributed by atoms with Crippen LogP contribution in [0.15, 0.2) is 36.4 Å². The van der Waals surface area contributed by atoms with Gasteiger partial charge in [-0.25, -0.2) is 4.39 Å². The van der Waals surface area contributed by atoms with Crippen LogP contribution in [-0.4, -0.2) is 73.0 Å². The Labute approximate surface area is 164 Å². The Morgan fingerprint density at radius 3 is 2.15 bits per heavy atom. The fourth-order valence-electron chi connectivity index (χ4n) is 3.84. The van der Waals surface area contributed by atoms with Crippen molar-refractivity contribution in [2.75, 3.05) is 52.4 Å². The number of amides is 1. The lowest BCUT2D eigenvalue weighted by Gasteiger charge is -2.35. The van der Waals surface area contributed by atoms with Crippen molar-refractivity contribution in [3.63, 3.8) is 0 Å². The average Bonchev–Trinajstić information content (AvgIpc) is 3.39. The largest absolute Gasteiger partial charge is 0.335 e. The number of hydrogen-bond acceptors (Lipinski definition) is 4. The van der Waals surface area contributed by atoms with Crippen molar-refractivity contribution in [2.45, 2.75) is 12.8 Å². The smallest absolute Gasteiger partial charge is 0.264 e. The fraction of sp³-hybridized carbons (Fsp3) is 0.476. The number of piperazine rings is 1. The SMILES string of the molecule is O=C(c1ccc(-c2ccc(F)cc2)s1)N1CCN(CCN2CCCC2)CC1. The highest BCUT2D eigenvalue weighted by Crippen LogP contribution is 2.29. The van der Waals surface area contributed by atoms with Crippen LogP contribution < -0.4 is 0 Å². The van der Waals surface area contributed by atoms with E-state index >= 15 is 0 Å². The van der Waals surface area contributed by atoms with Crippen LogP contribution in [0, 0.1) is 5.82 Å². The van der Waals surface area contributed by atoms with Gasteiger partial charge >= 0.3 is 0 Å². The molecule has 2 aliphatic rings. The lowest BCUT2D eigenvalue weighted by atomic mass is 10.2. The van der Waals surface area contributed by atoms with Crippen LogP contribution in [0.2, 0.25) is 0 Å². The van der Waals surface area contributed by atoms with E-state index in [4.69, 9.17) is 0 Å². The van der Waals surface area contributed by atoms with Gasteiger partial charge in [-0.15, -0.1) is 11.3 Å². The van der Waals surface area contributed by atoms with Crippen LogP contribution in [0.3, 0.4) is 0 Å². The summed E-state index contributed by atoms with van der Waals surface area (Å²) >= 11 is 1.49. The van der Waals surface area contributed by atoms with E-state index in [0.29, 0.717) is 0 Å². The third-order valence-electron chi connectivity index (χ3n) is 5.54. The normalized spacial score (nSPS) is 18.9. The minimum Gasteiger partial charge on any atom is -0.335 e. The predicted molar refractivity (Wildman–Crippen MR) is 108 cm³/mol. The predicted octanol–water partition coefficient (Wildman–Crippen LogP) is 3.41. The van der Waals surface area contributed by atoms with Gasteiger partial charge in [0.1, 0.15) is 5.82 Å². The van der Waals surface area contributed by atoms with Crippen LogP contribution in [0.25, 0.3) is 10.4 Å². The Kier molecular flexibility index (Phi) is 5.86. The van der Waals surface area contributed by atoms with Gasteiger partial charge in [-0.3, -0.25) is 9.69 Å². The standard InChI is InChI=1S/C21H26FN3OS/c22-18-5-3-17(4-6-18)19-7-8-20(27-19)21(26)25-15-13-24(14-16-25)12-11-23-9-1-2-10-23/h3-8H,1-2,9-16H2. The van der Waals surface area contributed by atoms with Crippen LogP contribution in [0.5, 0.6) is 0 Å². The number of benzene rings is 1. The third kappa shape index (κ3) is 4.57. The summed E-state index contributed by atoms with van der Waals surface area (Å²) in [4.78, 5) is 21.6. The van der Waals surface area contributed by atoms with E-state index in [-0.39, 0.29) is 11.7 Å². The van der Waals surface area contributed by atoms with Gasteiger partial charge in [0, 0.05) is 44.1 Å². The lowest BCUT2D eigenvalue weighted by molar-refractivity contribution is 0.0631. The highest BCUT2D eigenvalue weighted by molar-refractivity contribution is 7.17. The molecule has 4 nitrogen and oxygen atoms in total. The van der Waals surface area contributed by atoms with Gasteiger partial charge < -0.3 is 9.80 Å². The van der Waals surface area contributed by atoms with E-state index in [9.17, 15) is 9.18 Å². The number of halogens is 1. The van der Waals surface area contributed by atoms with Crippen LogP contribution >= 0.6 is 11.3 Å². The van der Waals surface area contributed by atoms with Gasteiger partial charge in [0.15, 0.2) is 0 Å². The molecule has 0 bridgehead atoms. The van der Waals surface area contributed by atoms with Gasteiger partial charge in [0.2, 0.25) is 0 Å². The summed E-state index contributed by atoms with van der Waals surface area (Å²) in [6.45, 7) is 8.24. The molecule has 27 heavy (non-hydrogen) atoms. The Morgan fingerprint density at radius 2 is 1.48 bits per heavy atom. The number of carbonyl (C=O) groups excluding carboxylic acids is 1. The molecule has 0 saturated carbocycles.